The molecule has 4 aromatic rings. The molecule has 0 saturated carbocycles. The van der Waals surface area contributed by atoms with E-state index in [2.05, 4.69) is 30.4 Å². The first-order chi connectivity index (χ1) is 17.0. The Morgan fingerprint density at radius 2 is 1.71 bits per heavy atom. The van der Waals surface area contributed by atoms with E-state index in [0.717, 1.165) is 28.3 Å². The van der Waals surface area contributed by atoms with Crippen LogP contribution < -0.4 is 16.0 Å². The maximum absolute atomic E-state index is 12.9. The molecule has 9 nitrogen and oxygen atoms in total. The number of nitrogens with two attached hydrogens (primary N) is 1. The fourth-order valence-electron chi connectivity index (χ4n) is 4.09. The maximum Gasteiger partial charge on any atom is 0.241 e. The van der Waals surface area contributed by atoms with Crippen LogP contribution in [0.1, 0.15) is 12.8 Å². The van der Waals surface area contributed by atoms with E-state index < -0.39 is 12.3 Å². The molecule has 5 rings (SSSR count). The number of hydrogen-bond acceptors (Lipinski definition) is 8. The van der Waals surface area contributed by atoms with Crippen molar-refractivity contribution in [2.75, 3.05) is 29.0 Å². The molecule has 3 N–H and O–H groups in total. The number of rotatable bonds is 6. The van der Waals surface area contributed by atoms with E-state index >= 15 is 0 Å². The maximum atomic E-state index is 12.9. The van der Waals surface area contributed by atoms with Gasteiger partial charge in [0.15, 0.2) is 5.82 Å². The molecule has 180 valence electrons. The smallest absolute Gasteiger partial charge is 0.241 e. The zero-order valence-electron chi connectivity index (χ0n) is 19.1. The fourth-order valence-corrected chi connectivity index (χ4v) is 4.09. The number of nitrogens with one attached hydrogen (secondary N) is 1. The Labute approximate surface area is 201 Å². The Morgan fingerprint density at radius 1 is 0.971 bits per heavy atom. The van der Waals surface area contributed by atoms with Crippen LogP contribution in [-0.2, 0) is 7.05 Å². The van der Waals surface area contributed by atoms with Gasteiger partial charge >= 0.3 is 0 Å². The van der Waals surface area contributed by atoms with Crippen molar-refractivity contribution in [3.63, 3.8) is 0 Å². The molecule has 0 bridgehead atoms. The van der Waals surface area contributed by atoms with E-state index in [1.54, 1.807) is 23.1 Å². The number of halogens is 2. The molecule has 0 aliphatic carbocycles. The Balaban J connectivity index is 1.26. The lowest BCUT2D eigenvalue weighted by Gasteiger charge is -2.32. The summed E-state index contributed by atoms with van der Waals surface area (Å²) >= 11 is 0. The van der Waals surface area contributed by atoms with Crippen LogP contribution in [-0.4, -0.2) is 49.2 Å². The SMILES string of the molecule is Cn1nc(-c2ccc(N3CCC(C(F)F)CC3)nc2)nc1Nc1ccc(-c2ccnc(N)n2)cc1. The zero-order chi connectivity index (χ0) is 24.4. The van der Waals surface area contributed by atoms with Crippen LogP contribution in [0.2, 0.25) is 0 Å². The molecule has 3 aromatic heterocycles. The van der Waals surface area contributed by atoms with Gasteiger partial charge in [0.25, 0.3) is 0 Å². The van der Waals surface area contributed by atoms with Gasteiger partial charge in [-0.25, -0.2) is 28.4 Å². The number of alkyl halides is 2. The average Bonchev–Trinajstić information content (AvgIpc) is 3.24. The lowest BCUT2D eigenvalue weighted by Crippen LogP contribution is -2.36. The lowest BCUT2D eigenvalue weighted by atomic mass is 9.97. The molecule has 1 aliphatic rings. The predicted molar refractivity (Wildman–Crippen MR) is 130 cm³/mol. The minimum atomic E-state index is -2.25. The fraction of sp³-hybridized carbons (Fsp3) is 0.292. The molecule has 1 fully saturated rings. The van der Waals surface area contributed by atoms with Crippen molar-refractivity contribution in [3.05, 3.63) is 54.9 Å². The van der Waals surface area contributed by atoms with E-state index in [1.165, 1.54) is 0 Å². The van der Waals surface area contributed by atoms with Crippen molar-refractivity contribution in [2.24, 2.45) is 13.0 Å². The molecule has 0 spiro atoms. The second-order valence-corrected chi connectivity index (χ2v) is 8.45. The van der Waals surface area contributed by atoms with Gasteiger partial charge in [0.1, 0.15) is 5.82 Å². The van der Waals surface area contributed by atoms with Gasteiger partial charge < -0.3 is 16.0 Å². The Kier molecular flexibility index (Phi) is 6.21. The number of hydrogen-bond donors (Lipinski definition) is 2. The third-order valence-electron chi connectivity index (χ3n) is 6.10. The lowest BCUT2D eigenvalue weighted by molar-refractivity contribution is 0.0635. The number of pyridine rings is 1. The summed E-state index contributed by atoms with van der Waals surface area (Å²) in [4.78, 5) is 19.3. The highest BCUT2D eigenvalue weighted by atomic mass is 19.3. The third kappa shape index (κ3) is 5.03. The molecule has 0 unspecified atom stereocenters. The molecule has 4 heterocycles. The van der Waals surface area contributed by atoms with E-state index in [4.69, 9.17) is 5.73 Å². The van der Waals surface area contributed by atoms with Gasteiger partial charge in [-0.15, -0.1) is 5.10 Å². The van der Waals surface area contributed by atoms with Gasteiger partial charge in [0.2, 0.25) is 18.3 Å². The molecule has 0 amide bonds. The first-order valence-electron chi connectivity index (χ1n) is 11.3. The monoisotopic (exact) mass is 477 g/mol. The number of benzene rings is 1. The van der Waals surface area contributed by atoms with E-state index in [1.807, 2.05) is 48.3 Å². The highest BCUT2D eigenvalue weighted by molar-refractivity contribution is 5.66. The van der Waals surface area contributed by atoms with E-state index in [-0.39, 0.29) is 5.95 Å². The molecule has 35 heavy (non-hydrogen) atoms. The highest BCUT2D eigenvalue weighted by Gasteiger charge is 2.26. The number of aryl methyl sites for hydroxylation is 1. The van der Waals surface area contributed by atoms with Crippen LogP contribution in [0, 0.1) is 5.92 Å². The summed E-state index contributed by atoms with van der Waals surface area (Å²) in [5.41, 5.74) is 8.97. The van der Waals surface area contributed by atoms with E-state index in [9.17, 15) is 8.78 Å². The number of piperidine rings is 1. The molecule has 1 aliphatic heterocycles. The summed E-state index contributed by atoms with van der Waals surface area (Å²) in [5, 5.41) is 7.77. The van der Waals surface area contributed by atoms with Gasteiger partial charge in [0, 0.05) is 55.3 Å². The average molecular weight is 478 g/mol. The molecule has 0 atom stereocenters. The molecule has 1 aromatic carbocycles. The van der Waals surface area contributed by atoms with Crippen molar-refractivity contribution in [1.82, 2.24) is 29.7 Å². The molecular weight excluding hydrogens is 452 g/mol. The minimum Gasteiger partial charge on any atom is -0.368 e. The topological polar surface area (TPSA) is 111 Å². The van der Waals surface area contributed by atoms with Crippen LogP contribution in [0.5, 0.6) is 0 Å². The van der Waals surface area contributed by atoms with Crippen molar-refractivity contribution in [1.29, 1.82) is 0 Å². The quantitative estimate of drug-likeness (QED) is 0.426. The number of aromatic nitrogens is 6. The Hall–Kier alpha value is -4.15. The molecule has 1 saturated heterocycles. The number of nitrogen functional groups attached to an aromatic ring is 1. The van der Waals surface area contributed by atoms with Gasteiger partial charge in [-0.1, -0.05) is 12.1 Å². The summed E-state index contributed by atoms with van der Waals surface area (Å²) in [6.07, 6.45) is 2.05. The number of nitrogens with zero attached hydrogens (tertiary/aromatic N) is 7. The van der Waals surface area contributed by atoms with Gasteiger partial charge in [0.05, 0.1) is 5.69 Å². The number of anilines is 4. The van der Waals surface area contributed by atoms with Crippen molar-refractivity contribution >= 4 is 23.4 Å². The minimum absolute atomic E-state index is 0.232. The summed E-state index contributed by atoms with van der Waals surface area (Å²) < 4.78 is 27.5. The van der Waals surface area contributed by atoms with Gasteiger partial charge in [-0.2, -0.15) is 4.98 Å². The summed E-state index contributed by atoms with van der Waals surface area (Å²) in [6.45, 7) is 1.17. The first-order valence-corrected chi connectivity index (χ1v) is 11.3. The van der Waals surface area contributed by atoms with Gasteiger partial charge in [-0.05, 0) is 43.2 Å². The first kappa shape index (κ1) is 22.6. The third-order valence-corrected chi connectivity index (χ3v) is 6.10. The van der Waals surface area contributed by atoms with Crippen molar-refractivity contribution in [2.45, 2.75) is 19.3 Å². The van der Waals surface area contributed by atoms with Gasteiger partial charge in [-0.3, -0.25) is 0 Å². The normalized spacial score (nSPS) is 14.5. The summed E-state index contributed by atoms with van der Waals surface area (Å²) in [5.74, 6) is 1.61. The second kappa shape index (κ2) is 9.61. The van der Waals surface area contributed by atoms with Crippen LogP contribution in [0.15, 0.2) is 54.9 Å². The molecule has 0 radical (unpaired) electrons. The Bertz CT molecular complexity index is 1280. The van der Waals surface area contributed by atoms with Crippen LogP contribution in [0.3, 0.4) is 0 Å². The largest absolute Gasteiger partial charge is 0.368 e. The molecular formula is C24H25F2N9. The second-order valence-electron chi connectivity index (χ2n) is 8.45. The standard InChI is InChI=1S/C24H25F2N9/c1-34-24(30-18-5-2-15(3-6-18)19-8-11-28-23(27)31-19)32-22(33-34)17-4-7-20(29-14-17)35-12-9-16(10-13-35)21(25)26/h2-8,11,14,16,21H,9-10,12-13H2,1H3,(H2,27,28,31)(H,30,32,33). The van der Waals surface area contributed by atoms with Crippen LogP contribution >= 0.6 is 0 Å². The van der Waals surface area contributed by atoms with Crippen molar-refractivity contribution < 1.29 is 8.78 Å². The van der Waals surface area contributed by atoms with Crippen molar-refractivity contribution in [3.8, 4) is 22.6 Å². The highest BCUT2D eigenvalue weighted by Crippen LogP contribution is 2.28. The van der Waals surface area contributed by atoms with Crippen LogP contribution in [0.25, 0.3) is 22.6 Å². The Morgan fingerprint density at radius 3 is 2.37 bits per heavy atom. The zero-order valence-corrected chi connectivity index (χ0v) is 19.1. The van der Waals surface area contributed by atoms with E-state index in [0.29, 0.717) is 37.7 Å². The predicted octanol–water partition coefficient (Wildman–Crippen LogP) is 4.14. The molecule has 11 heteroatoms. The summed E-state index contributed by atoms with van der Waals surface area (Å²) in [6, 6.07) is 13.3. The van der Waals surface area contributed by atoms with Crippen LogP contribution in [0.4, 0.5) is 32.2 Å². The summed E-state index contributed by atoms with van der Waals surface area (Å²) in [7, 11) is 1.81.